The van der Waals surface area contributed by atoms with Crippen LogP contribution in [0.3, 0.4) is 0 Å². The van der Waals surface area contributed by atoms with E-state index in [1.165, 1.54) is 0 Å². The minimum absolute atomic E-state index is 0. The van der Waals surface area contributed by atoms with Gasteiger partial charge in [-0.15, -0.1) is 12.4 Å². The predicted octanol–water partition coefficient (Wildman–Crippen LogP) is 2.18. The summed E-state index contributed by atoms with van der Waals surface area (Å²) in [6.45, 7) is 2.88. The topological polar surface area (TPSA) is 52.3 Å². The highest BCUT2D eigenvalue weighted by molar-refractivity contribution is 5.89. The molecular formula is C12H18ClNO2. The van der Waals surface area contributed by atoms with Crippen molar-refractivity contribution < 1.29 is 9.53 Å². The summed E-state index contributed by atoms with van der Waals surface area (Å²) < 4.78 is 4.92. The predicted molar refractivity (Wildman–Crippen MR) is 67.0 cm³/mol. The van der Waals surface area contributed by atoms with E-state index in [2.05, 4.69) is 0 Å². The van der Waals surface area contributed by atoms with Crippen LogP contribution in [-0.2, 0) is 11.2 Å². The zero-order valence-corrected chi connectivity index (χ0v) is 10.3. The maximum Gasteiger partial charge on any atom is 0.338 e. The number of hydrogen-bond donors (Lipinski definition) is 1. The van der Waals surface area contributed by atoms with E-state index in [0.717, 1.165) is 18.4 Å². The molecule has 0 atom stereocenters. The third-order valence-electron chi connectivity index (χ3n) is 2.11. The number of rotatable bonds is 5. The lowest BCUT2D eigenvalue weighted by molar-refractivity contribution is 0.0526. The molecule has 0 aliphatic carbocycles. The lowest BCUT2D eigenvalue weighted by Gasteiger charge is -2.04. The molecule has 4 heteroatoms. The third-order valence-corrected chi connectivity index (χ3v) is 2.11. The SMILES string of the molecule is CCOC(=O)c1cccc(CCCN)c1.Cl. The van der Waals surface area contributed by atoms with E-state index < -0.39 is 0 Å². The Balaban J connectivity index is 0.00000225. The van der Waals surface area contributed by atoms with Crippen LogP contribution in [0.15, 0.2) is 24.3 Å². The van der Waals surface area contributed by atoms with E-state index in [1.807, 2.05) is 18.2 Å². The highest BCUT2D eigenvalue weighted by Gasteiger charge is 2.05. The van der Waals surface area contributed by atoms with Gasteiger partial charge in [0.15, 0.2) is 0 Å². The molecule has 16 heavy (non-hydrogen) atoms. The van der Waals surface area contributed by atoms with Gasteiger partial charge in [0, 0.05) is 0 Å². The second kappa shape index (κ2) is 8.13. The summed E-state index contributed by atoms with van der Waals surface area (Å²) in [5, 5.41) is 0. The van der Waals surface area contributed by atoms with Crippen LogP contribution >= 0.6 is 12.4 Å². The van der Waals surface area contributed by atoms with Crippen molar-refractivity contribution >= 4 is 18.4 Å². The Bertz CT molecular complexity index is 329. The highest BCUT2D eigenvalue weighted by Crippen LogP contribution is 2.08. The van der Waals surface area contributed by atoms with Gasteiger partial charge in [0.05, 0.1) is 12.2 Å². The van der Waals surface area contributed by atoms with E-state index in [4.69, 9.17) is 10.5 Å². The van der Waals surface area contributed by atoms with Crippen LogP contribution in [0.5, 0.6) is 0 Å². The van der Waals surface area contributed by atoms with Gasteiger partial charge < -0.3 is 10.5 Å². The molecule has 0 spiro atoms. The number of esters is 1. The number of halogens is 1. The van der Waals surface area contributed by atoms with Crippen LogP contribution in [0.1, 0.15) is 29.3 Å². The van der Waals surface area contributed by atoms with Gasteiger partial charge in [0.2, 0.25) is 0 Å². The summed E-state index contributed by atoms with van der Waals surface area (Å²) in [7, 11) is 0. The Labute approximate surface area is 102 Å². The second-order valence-electron chi connectivity index (χ2n) is 3.31. The largest absolute Gasteiger partial charge is 0.462 e. The first-order valence-electron chi connectivity index (χ1n) is 5.24. The van der Waals surface area contributed by atoms with Crippen molar-refractivity contribution in [2.24, 2.45) is 5.73 Å². The lowest BCUT2D eigenvalue weighted by Crippen LogP contribution is -2.05. The molecule has 1 rings (SSSR count). The fourth-order valence-corrected chi connectivity index (χ4v) is 1.37. The van der Waals surface area contributed by atoms with Gasteiger partial charge in [-0.05, 0) is 44.0 Å². The molecular weight excluding hydrogens is 226 g/mol. The van der Waals surface area contributed by atoms with E-state index in [1.54, 1.807) is 13.0 Å². The summed E-state index contributed by atoms with van der Waals surface area (Å²) in [6.07, 6.45) is 1.84. The summed E-state index contributed by atoms with van der Waals surface area (Å²) >= 11 is 0. The van der Waals surface area contributed by atoms with Crippen molar-refractivity contribution in [2.75, 3.05) is 13.2 Å². The van der Waals surface area contributed by atoms with Crippen LogP contribution in [0.4, 0.5) is 0 Å². The maximum absolute atomic E-state index is 11.4. The minimum atomic E-state index is -0.257. The molecule has 0 aromatic heterocycles. The molecule has 0 heterocycles. The second-order valence-corrected chi connectivity index (χ2v) is 3.31. The van der Waals surface area contributed by atoms with Gasteiger partial charge in [0.1, 0.15) is 0 Å². The van der Waals surface area contributed by atoms with E-state index >= 15 is 0 Å². The van der Waals surface area contributed by atoms with Crippen molar-refractivity contribution in [3.8, 4) is 0 Å². The maximum atomic E-state index is 11.4. The number of ether oxygens (including phenoxy) is 1. The zero-order chi connectivity index (χ0) is 11.1. The summed E-state index contributed by atoms with van der Waals surface area (Å²) in [5.74, 6) is -0.257. The quantitative estimate of drug-likeness (QED) is 0.807. The molecule has 0 bridgehead atoms. The van der Waals surface area contributed by atoms with Gasteiger partial charge >= 0.3 is 5.97 Å². The first-order valence-corrected chi connectivity index (χ1v) is 5.24. The van der Waals surface area contributed by atoms with Gasteiger partial charge in [-0.3, -0.25) is 0 Å². The van der Waals surface area contributed by atoms with Crippen LogP contribution in [0, 0.1) is 0 Å². The first kappa shape index (κ1) is 14.9. The van der Waals surface area contributed by atoms with Crippen LogP contribution in [0.2, 0.25) is 0 Å². The van der Waals surface area contributed by atoms with E-state index in [-0.39, 0.29) is 18.4 Å². The van der Waals surface area contributed by atoms with Crippen molar-refractivity contribution in [1.82, 2.24) is 0 Å². The molecule has 3 nitrogen and oxygen atoms in total. The van der Waals surface area contributed by atoms with Gasteiger partial charge in [-0.25, -0.2) is 4.79 Å². The molecule has 0 unspecified atom stereocenters. The molecule has 1 aromatic rings. The Kier molecular flexibility index (Phi) is 7.60. The lowest BCUT2D eigenvalue weighted by atomic mass is 10.1. The minimum Gasteiger partial charge on any atom is -0.462 e. The molecule has 2 N–H and O–H groups in total. The standard InChI is InChI=1S/C12H17NO2.ClH/c1-2-15-12(14)11-7-3-5-10(9-11)6-4-8-13;/h3,5,7,9H,2,4,6,8,13H2,1H3;1H. The summed E-state index contributed by atoms with van der Waals surface area (Å²) in [4.78, 5) is 11.4. The highest BCUT2D eigenvalue weighted by atomic mass is 35.5. The summed E-state index contributed by atoms with van der Waals surface area (Å²) in [6, 6.07) is 7.51. The van der Waals surface area contributed by atoms with Gasteiger partial charge in [-0.2, -0.15) is 0 Å². The normalized spacial score (nSPS) is 9.38. The van der Waals surface area contributed by atoms with Crippen molar-refractivity contribution in [1.29, 1.82) is 0 Å². The average Bonchev–Trinajstić information content (AvgIpc) is 2.27. The molecule has 0 saturated carbocycles. The Morgan fingerprint density at radius 2 is 2.19 bits per heavy atom. The van der Waals surface area contributed by atoms with Gasteiger partial charge in [-0.1, -0.05) is 12.1 Å². The van der Waals surface area contributed by atoms with Crippen LogP contribution in [0.25, 0.3) is 0 Å². The molecule has 0 aliphatic rings. The average molecular weight is 244 g/mol. The summed E-state index contributed by atoms with van der Waals surface area (Å²) in [5.41, 5.74) is 7.18. The molecule has 0 saturated heterocycles. The zero-order valence-electron chi connectivity index (χ0n) is 9.44. The Morgan fingerprint density at radius 3 is 2.81 bits per heavy atom. The third kappa shape index (κ3) is 4.64. The van der Waals surface area contributed by atoms with E-state index in [9.17, 15) is 4.79 Å². The monoisotopic (exact) mass is 243 g/mol. The number of nitrogens with two attached hydrogens (primary N) is 1. The molecule has 0 aliphatic heterocycles. The van der Waals surface area contributed by atoms with Crippen LogP contribution < -0.4 is 5.73 Å². The molecule has 90 valence electrons. The smallest absolute Gasteiger partial charge is 0.338 e. The molecule has 0 fully saturated rings. The Hall–Kier alpha value is -1.06. The number of carbonyl (C=O) groups is 1. The molecule has 1 aromatic carbocycles. The fraction of sp³-hybridized carbons (Fsp3) is 0.417. The van der Waals surface area contributed by atoms with Gasteiger partial charge in [0.25, 0.3) is 0 Å². The van der Waals surface area contributed by atoms with E-state index in [0.29, 0.717) is 18.7 Å². The first-order chi connectivity index (χ1) is 7.27. The molecule has 0 radical (unpaired) electrons. The number of aryl methyl sites for hydroxylation is 1. The van der Waals surface area contributed by atoms with Crippen molar-refractivity contribution in [3.05, 3.63) is 35.4 Å². The van der Waals surface area contributed by atoms with Crippen molar-refractivity contribution in [2.45, 2.75) is 19.8 Å². The Morgan fingerprint density at radius 1 is 1.44 bits per heavy atom. The number of benzene rings is 1. The fourth-order valence-electron chi connectivity index (χ4n) is 1.37. The number of hydrogen-bond acceptors (Lipinski definition) is 3. The number of carbonyl (C=O) groups excluding carboxylic acids is 1. The van der Waals surface area contributed by atoms with Crippen molar-refractivity contribution in [3.63, 3.8) is 0 Å². The molecule has 0 amide bonds. The van der Waals surface area contributed by atoms with Crippen LogP contribution in [-0.4, -0.2) is 19.1 Å².